The third-order valence-electron chi connectivity index (χ3n) is 1.90. The normalized spacial score (nSPS) is 10.2. The molecule has 0 aliphatic rings. The van der Waals surface area contributed by atoms with Gasteiger partial charge in [-0.2, -0.15) is 0 Å². The molecule has 0 heterocycles. The molecule has 0 fully saturated rings. The van der Waals surface area contributed by atoms with Crippen LogP contribution in [0.2, 0.25) is 0 Å². The number of rotatable bonds is 2. The maximum absolute atomic E-state index is 13.0. The molecule has 1 aromatic rings. The second-order valence-corrected chi connectivity index (χ2v) is 2.88. The summed E-state index contributed by atoms with van der Waals surface area (Å²) in [6.07, 6.45) is 0. The van der Waals surface area contributed by atoms with Gasteiger partial charge in [0, 0.05) is 5.56 Å². The molecule has 0 spiro atoms. The quantitative estimate of drug-likeness (QED) is 0.563. The molecular weight excluding hydrogens is 209 g/mol. The summed E-state index contributed by atoms with van der Waals surface area (Å²) in [6.45, 7) is 2.83. The van der Waals surface area contributed by atoms with E-state index in [9.17, 15) is 18.0 Å². The summed E-state index contributed by atoms with van der Waals surface area (Å²) in [6, 6.07) is 0.631. The Hall–Kier alpha value is -1.52. The predicted octanol–water partition coefficient (Wildman–Crippen LogP) is 2.59. The summed E-state index contributed by atoms with van der Waals surface area (Å²) in [5.74, 6) is -5.22. The molecule has 0 aliphatic carbocycles. The van der Waals surface area contributed by atoms with Gasteiger partial charge < -0.3 is 4.74 Å². The fourth-order valence-corrected chi connectivity index (χ4v) is 1.11. The van der Waals surface area contributed by atoms with Gasteiger partial charge in [-0.3, -0.25) is 0 Å². The summed E-state index contributed by atoms with van der Waals surface area (Å²) in [5.41, 5.74) is -0.555. The van der Waals surface area contributed by atoms with E-state index in [0.29, 0.717) is 6.07 Å². The summed E-state index contributed by atoms with van der Waals surface area (Å²) >= 11 is 0. The summed E-state index contributed by atoms with van der Waals surface area (Å²) < 4.78 is 43.1. The number of ether oxygens (including phenoxy) is 1. The SMILES string of the molecule is CCOC(=O)c1cc(F)c(F)c(F)c1C. The number of benzene rings is 1. The molecule has 0 saturated heterocycles. The van der Waals surface area contributed by atoms with Crippen molar-refractivity contribution in [2.24, 2.45) is 0 Å². The van der Waals surface area contributed by atoms with Crippen LogP contribution in [0.25, 0.3) is 0 Å². The number of carbonyl (C=O) groups is 1. The number of halogens is 3. The van der Waals surface area contributed by atoms with Crippen LogP contribution in [0.3, 0.4) is 0 Å². The van der Waals surface area contributed by atoms with Crippen LogP contribution in [0, 0.1) is 24.4 Å². The van der Waals surface area contributed by atoms with Crippen LogP contribution in [0.1, 0.15) is 22.8 Å². The zero-order valence-electron chi connectivity index (χ0n) is 8.23. The predicted molar refractivity (Wildman–Crippen MR) is 47.0 cm³/mol. The van der Waals surface area contributed by atoms with E-state index in [0.717, 1.165) is 0 Å². The Balaban J connectivity index is 3.26. The van der Waals surface area contributed by atoms with E-state index in [-0.39, 0.29) is 17.7 Å². The van der Waals surface area contributed by atoms with E-state index < -0.39 is 23.4 Å². The number of hydrogen-bond acceptors (Lipinski definition) is 2. The molecule has 15 heavy (non-hydrogen) atoms. The van der Waals surface area contributed by atoms with Crippen molar-refractivity contribution in [3.63, 3.8) is 0 Å². The van der Waals surface area contributed by atoms with Crippen molar-refractivity contribution in [3.8, 4) is 0 Å². The van der Waals surface area contributed by atoms with Crippen molar-refractivity contribution < 1.29 is 22.7 Å². The zero-order chi connectivity index (χ0) is 11.6. The third-order valence-corrected chi connectivity index (χ3v) is 1.90. The van der Waals surface area contributed by atoms with Crippen molar-refractivity contribution in [1.82, 2.24) is 0 Å². The van der Waals surface area contributed by atoms with E-state index in [2.05, 4.69) is 4.74 Å². The summed E-state index contributed by atoms with van der Waals surface area (Å²) in [5, 5.41) is 0. The van der Waals surface area contributed by atoms with Crippen LogP contribution in [-0.2, 0) is 4.74 Å². The molecule has 0 saturated carbocycles. The Bertz CT molecular complexity index is 402. The second kappa shape index (κ2) is 4.33. The number of hydrogen-bond donors (Lipinski definition) is 0. The molecule has 0 bridgehead atoms. The van der Waals surface area contributed by atoms with E-state index >= 15 is 0 Å². The smallest absolute Gasteiger partial charge is 0.338 e. The van der Waals surface area contributed by atoms with E-state index in [1.54, 1.807) is 6.92 Å². The van der Waals surface area contributed by atoms with Gasteiger partial charge in [-0.1, -0.05) is 0 Å². The molecule has 0 radical (unpaired) electrons. The lowest BCUT2D eigenvalue weighted by atomic mass is 10.1. The molecule has 1 aromatic carbocycles. The Kier molecular flexibility index (Phi) is 3.34. The van der Waals surface area contributed by atoms with Crippen LogP contribution in [0.4, 0.5) is 13.2 Å². The van der Waals surface area contributed by atoms with Crippen molar-refractivity contribution in [2.75, 3.05) is 6.61 Å². The first kappa shape index (κ1) is 11.6. The molecule has 0 aromatic heterocycles. The Morgan fingerprint density at radius 2 is 1.93 bits per heavy atom. The van der Waals surface area contributed by atoms with Gasteiger partial charge in [-0.05, 0) is 19.9 Å². The summed E-state index contributed by atoms with van der Waals surface area (Å²) in [7, 11) is 0. The van der Waals surface area contributed by atoms with Gasteiger partial charge in [-0.15, -0.1) is 0 Å². The van der Waals surface area contributed by atoms with Crippen molar-refractivity contribution in [3.05, 3.63) is 34.6 Å². The van der Waals surface area contributed by atoms with Crippen LogP contribution in [-0.4, -0.2) is 12.6 Å². The first-order chi connectivity index (χ1) is 6.99. The molecule has 0 N–H and O–H groups in total. The van der Waals surface area contributed by atoms with E-state index in [1.807, 2.05) is 0 Å². The highest BCUT2D eigenvalue weighted by Crippen LogP contribution is 2.19. The molecule has 2 nitrogen and oxygen atoms in total. The lowest BCUT2D eigenvalue weighted by Gasteiger charge is -2.07. The van der Waals surface area contributed by atoms with Crippen molar-refractivity contribution in [2.45, 2.75) is 13.8 Å². The van der Waals surface area contributed by atoms with Gasteiger partial charge >= 0.3 is 5.97 Å². The molecule has 0 amide bonds. The van der Waals surface area contributed by atoms with Crippen molar-refractivity contribution >= 4 is 5.97 Å². The zero-order valence-corrected chi connectivity index (χ0v) is 8.23. The van der Waals surface area contributed by atoms with Crippen LogP contribution in [0.5, 0.6) is 0 Å². The highest BCUT2D eigenvalue weighted by molar-refractivity contribution is 5.91. The first-order valence-corrected chi connectivity index (χ1v) is 4.30. The second-order valence-electron chi connectivity index (χ2n) is 2.88. The Morgan fingerprint density at radius 1 is 1.33 bits per heavy atom. The molecule has 0 aliphatic heterocycles. The van der Waals surface area contributed by atoms with Crippen LogP contribution < -0.4 is 0 Å². The third kappa shape index (κ3) is 2.11. The Labute approximate surface area is 84.7 Å². The molecule has 1 rings (SSSR count). The van der Waals surface area contributed by atoms with E-state index in [1.165, 1.54) is 6.92 Å². The molecule has 0 unspecified atom stereocenters. The van der Waals surface area contributed by atoms with Gasteiger partial charge in [0.25, 0.3) is 0 Å². The molecular formula is C10H9F3O2. The lowest BCUT2D eigenvalue weighted by molar-refractivity contribution is 0.0524. The fourth-order valence-electron chi connectivity index (χ4n) is 1.11. The minimum atomic E-state index is -1.58. The minimum absolute atomic E-state index is 0.0822. The average molecular weight is 218 g/mol. The van der Waals surface area contributed by atoms with Gasteiger partial charge in [-0.25, -0.2) is 18.0 Å². The van der Waals surface area contributed by atoms with Gasteiger partial charge in [0.1, 0.15) is 0 Å². The van der Waals surface area contributed by atoms with Crippen molar-refractivity contribution in [1.29, 1.82) is 0 Å². The first-order valence-electron chi connectivity index (χ1n) is 4.30. The molecule has 0 atom stereocenters. The minimum Gasteiger partial charge on any atom is -0.462 e. The van der Waals surface area contributed by atoms with Crippen LogP contribution >= 0.6 is 0 Å². The number of esters is 1. The molecule has 5 heteroatoms. The maximum Gasteiger partial charge on any atom is 0.338 e. The van der Waals surface area contributed by atoms with Gasteiger partial charge in [0.2, 0.25) is 0 Å². The standard InChI is InChI=1S/C10H9F3O2/c1-3-15-10(14)6-4-7(11)9(13)8(12)5(6)2/h4H,3H2,1-2H3. The summed E-state index contributed by atoms with van der Waals surface area (Å²) in [4.78, 5) is 11.2. The van der Waals surface area contributed by atoms with Crippen LogP contribution in [0.15, 0.2) is 6.07 Å². The van der Waals surface area contributed by atoms with E-state index in [4.69, 9.17) is 0 Å². The lowest BCUT2D eigenvalue weighted by Crippen LogP contribution is -2.10. The monoisotopic (exact) mass is 218 g/mol. The topological polar surface area (TPSA) is 26.3 Å². The largest absolute Gasteiger partial charge is 0.462 e. The Morgan fingerprint density at radius 3 is 2.47 bits per heavy atom. The van der Waals surface area contributed by atoms with Gasteiger partial charge in [0.15, 0.2) is 17.5 Å². The maximum atomic E-state index is 13.0. The average Bonchev–Trinajstić information content (AvgIpc) is 2.20. The highest BCUT2D eigenvalue weighted by atomic mass is 19.2. The highest BCUT2D eigenvalue weighted by Gasteiger charge is 2.20. The number of carbonyl (C=O) groups excluding carboxylic acids is 1. The van der Waals surface area contributed by atoms with Gasteiger partial charge in [0.05, 0.1) is 12.2 Å². The fraction of sp³-hybridized carbons (Fsp3) is 0.300. The molecule has 82 valence electrons.